The number of rotatable bonds is 4. The van der Waals surface area contributed by atoms with E-state index in [1.54, 1.807) is 0 Å². The summed E-state index contributed by atoms with van der Waals surface area (Å²) < 4.78 is 5.51. The lowest BCUT2D eigenvalue weighted by Crippen LogP contribution is -2.58. The second kappa shape index (κ2) is 6.78. The monoisotopic (exact) mass is 293 g/mol. The largest absolute Gasteiger partial charge is 0.379 e. The molecule has 1 heterocycles. The molecular weight excluding hydrogens is 262 g/mol. The number of hydrogen-bond donors (Lipinski definition) is 0. The summed E-state index contributed by atoms with van der Waals surface area (Å²) in [7, 11) is 0. The Morgan fingerprint density at radius 3 is 2.29 bits per heavy atom. The molecule has 21 heavy (non-hydrogen) atoms. The van der Waals surface area contributed by atoms with E-state index < -0.39 is 0 Å². The molecule has 3 nitrogen and oxygen atoms in total. The van der Waals surface area contributed by atoms with Gasteiger partial charge in [0.2, 0.25) is 0 Å². The topological polar surface area (TPSA) is 29.5 Å². The quantitative estimate of drug-likeness (QED) is 0.795. The molecule has 3 rings (SSSR count). The number of Topliss-reactive ketones (excluding diaryl/α,β-unsaturated/α-hetero) is 1. The maximum atomic E-state index is 13.3. The van der Waals surface area contributed by atoms with Crippen molar-refractivity contribution >= 4 is 5.78 Å². The number of ether oxygens (including phenoxy) is 1. The zero-order valence-electron chi connectivity index (χ0n) is 13.6. The lowest BCUT2D eigenvalue weighted by molar-refractivity contribution is -0.140. The molecule has 120 valence electrons. The van der Waals surface area contributed by atoms with Gasteiger partial charge in [-0.2, -0.15) is 0 Å². The van der Waals surface area contributed by atoms with Crippen LogP contribution in [0.5, 0.6) is 0 Å². The zero-order chi connectivity index (χ0) is 14.7. The number of nitrogens with zero attached hydrogens (tertiary/aromatic N) is 1. The summed E-state index contributed by atoms with van der Waals surface area (Å²) in [5.41, 5.74) is -0.118. The van der Waals surface area contributed by atoms with Crippen molar-refractivity contribution in [3.8, 4) is 0 Å². The Labute approximate surface area is 129 Å². The molecule has 0 aromatic carbocycles. The first-order chi connectivity index (χ1) is 10.3. The van der Waals surface area contributed by atoms with E-state index in [-0.39, 0.29) is 5.54 Å². The zero-order valence-corrected chi connectivity index (χ0v) is 13.6. The molecule has 0 amide bonds. The molecule has 0 aromatic rings. The van der Waals surface area contributed by atoms with Gasteiger partial charge in [0.05, 0.1) is 18.8 Å². The lowest BCUT2D eigenvalue weighted by atomic mass is 9.73. The first-order valence-corrected chi connectivity index (χ1v) is 9.13. The number of carbonyl (C=O) groups is 1. The molecule has 0 N–H and O–H groups in total. The summed E-state index contributed by atoms with van der Waals surface area (Å²) in [5.74, 6) is 1.81. The van der Waals surface area contributed by atoms with Gasteiger partial charge in [-0.25, -0.2) is 0 Å². The number of carbonyl (C=O) groups excluding carboxylic acids is 1. The van der Waals surface area contributed by atoms with Crippen molar-refractivity contribution in [2.24, 2.45) is 11.8 Å². The van der Waals surface area contributed by atoms with Gasteiger partial charge in [0.25, 0.3) is 0 Å². The summed E-state index contributed by atoms with van der Waals surface area (Å²) in [6.07, 6.45) is 10.8. The van der Waals surface area contributed by atoms with Crippen LogP contribution < -0.4 is 0 Å². The van der Waals surface area contributed by atoms with E-state index in [9.17, 15) is 4.79 Å². The summed E-state index contributed by atoms with van der Waals surface area (Å²) in [4.78, 5) is 15.8. The molecule has 3 heteroatoms. The maximum Gasteiger partial charge on any atom is 0.156 e. The predicted molar refractivity (Wildman–Crippen MR) is 84.3 cm³/mol. The van der Waals surface area contributed by atoms with E-state index >= 15 is 0 Å². The third-order valence-electron chi connectivity index (χ3n) is 6.30. The highest BCUT2D eigenvalue weighted by molar-refractivity contribution is 5.91. The lowest BCUT2D eigenvalue weighted by Gasteiger charge is -2.44. The van der Waals surface area contributed by atoms with Crippen LogP contribution in [0.3, 0.4) is 0 Å². The summed E-state index contributed by atoms with van der Waals surface area (Å²) >= 11 is 0. The summed E-state index contributed by atoms with van der Waals surface area (Å²) in [6, 6.07) is 0. The van der Waals surface area contributed by atoms with Crippen LogP contribution in [0, 0.1) is 11.8 Å². The summed E-state index contributed by atoms with van der Waals surface area (Å²) in [6.45, 7) is 5.81. The minimum atomic E-state index is -0.118. The highest BCUT2D eigenvalue weighted by Crippen LogP contribution is 2.42. The van der Waals surface area contributed by atoms with Crippen LogP contribution in [-0.4, -0.2) is 42.5 Å². The fourth-order valence-corrected chi connectivity index (χ4v) is 4.88. The van der Waals surface area contributed by atoms with Gasteiger partial charge < -0.3 is 4.74 Å². The fraction of sp³-hybridized carbons (Fsp3) is 0.944. The molecule has 0 spiro atoms. The van der Waals surface area contributed by atoms with Gasteiger partial charge in [-0.1, -0.05) is 26.2 Å². The van der Waals surface area contributed by atoms with Crippen LogP contribution in [-0.2, 0) is 9.53 Å². The summed E-state index contributed by atoms with van der Waals surface area (Å²) in [5, 5.41) is 0. The van der Waals surface area contributed by atoms with E-state index in [4.69, 9.17) is 4.74 Å². The fourth-order valence-electron chi connectivity index (χ4n) is 4.88. The van der Waals surface area contributed by atoms with Crippen molar-refractivity contribution < 1.29 is 9.53 Å². The van der Waals surface area contributed by atoms with E-state index in [0.717, 1.165) is 57.9 Å². The highest BCUT2D eigenvalue weighted by atomic mass is 16.5. The van der Waals surface area contributed by atoms with Crippen LogP contribution in [0.15, 0.2) is 0 Å². The predicted octanol–water partition coefficient (Wildman–Crippen LogP) is 3.42. The molecule has 1 aliphatic heterocycles. The van der Waals surface area contributed by atoms with E-state index in [1.807, 2.05) is 0 Å². The Kier molecular flexibility index (Phi) is 5.00. The maximum absolute atomic E-state index is 13.3. The Morgan fingerprint density at radius 1 is 1.10 bits per heavy atom. The Balaban J connectivity index is 1.70. The third kappa shape index (κ3) is 3.05. The van der Waals surface area contributed by atoms with Crippen molar-refractivity contribution in [2.45, 2.75) is 70.3 Å². The molecule has 0 unspecified atom stereocenters. The standard InChI is InChI=1S/C18H31NO2/c1-2-15-5-7-16(8-6-15)17(20)18(9-3-4-10-18)19-11-13-21-14-12-19/h15-16H,2-14H2,1H3. The molecule has 0 bridgehead atoms. The van der Waals surface area contributed by atoms with E-state index in [1.165, 1.54) is 32.1 Å². The molecule has 2 saturated carbocycles. The highest BCUT2D eigenvalue weighted by Gasteiger charge is 2.48. The van der Waals surface area contributed by atoms with Crippen LogP contribution in [0.4, 0.5) is 0 Å². The molecule has 3 aliphatic rings. The van der Waals surface area contributed by atoms with Crippen LogP contribution in [0.2, 0.25) is 0 Å². The van der Waals surface area contributed by atoms with Crippen molar-refractivity contribution in [1.29, 1.82) is 0 Å². The first kappa shape index (κ1) is 15.5. The van der Waals surface area contributed by atoms with Crippen LogP contribution >= 0.6 is 0 Å². The Hall–Kier alpha value is -0.410. The molecule has 0 atom stereocenters. The van der Waals surface area contributed by atoms with Crippen molar-refractivity contribution in [3.05, 3.63) is 0 Å². The van der Waals surface area contributed by atoms with E-state index in [2.05, 4.69) is 11.8 Å². The molecule has 2 aliphatic carbocycles. The number of morpholine rings is 1. The van der Waals surface area contributed by atoms with Crippen molar-refractivity contribution in [2.75, 3.05) is 26.3 Å². The van der Waals surface area contributed by atoms with Crippen LogP contribution in [0.25, 0.3) is 0 Å². The normalized spacial score (nSPS) is 34.0. The molecule has 0 aromatic heterocycles. The smallest absolute Gasteiger partial charge is 0.156 e. The van der Waals surface area contributed by atoms with Gasteiger partial charge >= 0.3 is 0 Å². The minimum absolute atomic E-state index is 0.118. The second-order valence-corrected chi connectivity index (χ2v) is 7.33. The SMILES string of the molecule is CCC1CCC(C(=O)C2(N3CCOCC3)CCCC2)CC1. The molecule has 3 fully saturated rings. The molecule has 0 radical (unpaired) electrons. The first-order valence-electron chi connectivity index (χ1n) is 9.13. The second-order valence-electron chi connectivity index (χ2n) is 7.33. The van der Waals surface area contributed by atoms with Gasteiger partial charge in [-0.3, -0.25) is 9.69 Å². The van der Waals surface area contributed by atoms with Gasteiger partial charge in [0.1, 0.15) is 0 Å². The average molecular weight is 293 g/mol. The third-order valence-corrected chi connectivity index (χ3v) is 6.30. The molecular formula is C18H31NO2. The van der Waals surface area contributed by atoms with Gasteiger partial charge in [0.15, 0.2) is 5.78 Å². The van der Waals surface area contributed by atoms with E-state index in [0.29, 0.717) is 11.7 Å². The van der Waals surface area contributed by atoms with Gasteiger partial charge in [-0.15, -0.1) is 0 Å². The van der Waals surface area contributed by atoms with Crippen molar-refractivity contribution in [1.82, 2.24) is 4.90 Å². The average Bonchev–Trinajstić information content (AvgIpc) is 3.06. The van der Waals surface area contributed by atoms with Gasteiger partial charge in [0, 0.05) is 19.0 Å². The molecule has 1 saturated heterocycles. The number of hydrogen-bond acceptors (Lipinski definition) is 3. The van der Waals surface area contributed by atoms with Gasteiger partial charge in [-0.05, 0) is 44.4 Å². The Bertz CT molecular complexity index is 348. The van der Waals surface area contributed by atoms with Crippen molar-refractivity contribution in [3.63, 3.8) is 0 Å². The Morgan fingerprint density at radius 2 is 1.71 bits per heavy atom. The number of ketones is 1. The minimum Gasteiger partial charge on any atom is -0.379 e. The van der Waals surface area contributed by atoms with Crippen LogP contribution in [0.1, 0.15) is 64.7 Å².